The SMILES string of the molecule is CCCCOCCOc1cc(Cl)nc(C(F)(F)F)n1. The molecule has 108 valence electrons. The van der Waals surface area contributed by atoms with Gasteiger partial charge in [0.15, 0.2) is 0 Å². The maximum atomic E-state index is 12.4. The van der Waals surface area contributed by atoms with Crippen molar-refractivity contribution in [3.63, 3.8) is 0 Å². The van der Waals surface area contributed by atoms with Gasteiger partial charge in [0, 0.05) is 12.7 Å². The van der Waals surface area contributed by atoms with Crippen molar-refractivity contribution in [3.05, 3.63) is 17.0 Å². The summed E-state index contributed by atoms with van der Waals surface area (Å²) < 4.78 is 47.5. The minimum atomic E-state index is -4.65. The van der Waals surface area contributed by atoms with Gasteiger partial charge in [0.05, 0.1) is 6.61 Å². The molecule has 0 saturated heterocycles. The molecule has 0 amide bonds. The Morgan fingerprint density at radius 2 is 1.95 bits per heavy atom. The molecule has 0 saturated carbocycles. The number of nitrogens with zero attached hydrogens (tertiary/aromatic N) is 2. The maximum absolute atomic E-state index is 12.4. The molecule has 0 spiro atoms. The van der Waals surface area contributed by atoms with Crippen molar-refractivity contribution in [2.24, 2.45) is 0 Å². The first-order valence-corrected chi connectivity index (χ1v) is 6.13. The summed E-state index contributed by atoms with van der Waals surface area (Å²) in [6, 6.07) is 1.13. The fraction of sp³-hybridized carbons (Fsp3) is 0.636. The second-order valence-corrected chi connectivity index (χ2v) is 4.05. The van der Waals surface area contributed by atoms with Gasteiger partial charge in [-0.3, -0.25) is 0 Å². The highest BCUT2D eigenvalue weighted by Crippen LogP contribution is 2.28. The third-order valence-corrected chi connectivity index (χ3v) is 2.24. The number of halogens is 4. The zero-order valence-electron chi connectivity index (χ0n) is 10.3. The smallest absolute Gasteiger partial charge is 0.451 e. The van der Waals surface area contributed by atoms with Gasteiger partial charge in [0.25, 0.3) is 0 Å². The lowest BCUT2D eigenvalue weighted by Crippen LogP contribution is -2.13. The lowest BCUT2D eigenvalue weighted by molar-refractivity contribution is -0.145. The molecule has 1 rings (SSSR count). The molecule has 0 radical (unpaired) electrons. The van der Waals surface area contributed by atoms with Crippen LogP contribution in [0.1, 0.15) is 25.6 Å². The number of hydrogen-bond donors (Lipinski definition) is 0. The van der Waals surface area contributed by atoms with E-state index < -0.39 is 12.0 Å². The molecule has 0 aromatic carbocycles. The van der Waals surface area contributed by atoms with E-state index in [1.165, 1.54) is 0 Å². The number of hydrogen-bond acceptors (Lipinski definition) is 4. The van der Waals surface area contributed by atoms with Crippen LogP contribution in [-0.4, -0.2) is 29.8 Å². The molecule has 1 aromatic heterocycles. The predicted octanol–water partition coefficient (Wildman–Crippen LogP) is 3.34. The van der Waals surface area contributed by atoms with Crippen LogP contribution >= 0.6 is 11.6 Å². The Morgan fingerprint density at radius 1 is 1.21 bits per heavy atom. The summed E-state index contributed by atoms with van der Waals surface area (Å²) in [5.41, 5.74) is 0. The Bertz CT molecular complexity index is 402. The van der Waals surface area contributed by atoms with Crippen LogP contribution in [0.3, 0.4) is 0 Å². The molecule has 1 aromatic rings. The Kier molecular flexibility index (Phi) is 6.30. The van der Waals surface area contributed by atoms with E-state index in [0.29, 0.717) is 6.61 Å². The molecule has 4 nitrogen and oxygen atoms in total. The molecule has 0 aliphatic rings. The van der Waals surface area contributed by atoms with Crippen molar-refractivity contribution < 1.29 is 22.6 Å². The molecular weight excluding hydrogens is 285 g/mol. The lowest BCUT2D eigenvalue weighted by Gasteiger charge is -2.09. The number of ether oxygens (including phenoxy) is 2. The van der Waals surface area contributed by atoms with E-state index >= 15 is 0 Å². The van der Waals surface area contributed by atoms with Crippen LogP contribution < -0.4 is 4.74 Å². The van der Waals surface area contributed by atoms with Crippen LogP contribution in [0, 0.1) is 0 Å². The molecule has 0 bridgehead atoms. The monoisotopic (exact) mass is 298 g/mol. The molecule has 19 heavy (non-hydrogen) atoms. The highest BCUT2D eigenvalue weighted by atomic mass is 35.5. The van der Waals surface area contributed by atoms with Crippen molar-refractivity contribution in [2.75, 3.05) is 19.8 Å². The van der Waals surface area contributed by atoms with Gasteiger partial charge >= 0.3 is 6.18 Å². The molecule has 0 fully saturated rings. The fourth-order valence-electron chi connectivity index (χ4n) is 1.15. The maximum Gasteiger partial charge on any atom is 0.451 e. The zero-order valence-corrected chi connectivity index (χ0v) is 11.1. The summed E-state index contributed by atoms with van der Waals surface area (Å²) in [6.07, 6.45) is -2.71. The zero-order chi connectivity index (χ0) is 14.3. The largest absolute Gasteiger partial charge is 0.475 e. The van der Waals surface area contributed by atoms with Gasteiger partial charge in [0.2, 0.25) is 11.7 Å². The Labute approximate surface area is 113 Å². The Balaban J connectivity index is 2.48. The molecule has 1 heterocycles. The molecule has 0 N–H and O–H groups in total. The average molecular weight is 299 g/mol. The van der Waals surface area contributed by atoms with E-state index in [1.54, 1.807) is 0 Å². The topological polar surface area (TPSA) is 44.2 Å². The summed E-state index contributed by atoms with van der Waals surface area (Å²) in [5.74, 6) is -1.53. The van der Waals surface area contributed by atoms with E-state index in [-0.39, 0.29) is 24.2 Å². The predicted molar refractivity (Wildman–Crippen MR) is 63.3 cm³/mol. The van der Waals surface area contributed by atoms with Gasteiger partial charge in [-0.15, -0.1) is 0 Å². The second kappa shape index (κ2) is 7.49. The summed E-state index contributed by atoms with van der Waals surface area (Å²) in [7, 11) is 0. The number of aromatic nitrogens is 2. The first kappa shape index (κ1) is 16.0. The lowest BCUT2D eigenvalue weighted by atomic mass is 10.4. The van der Waals surface area contributed by atoms with Gasteiger partial charge in [0.1, 0.15) is 11.8 Å². The van der Waals surface area contributed by atoms with Crippen LogP contribution in [-0.2, 0) is 10.9 Å². The van der Waals surface area contributed by atoms with E-state index in [2.05, 4.69) is 9.97 Å². The molecule has 0 atom stereocenters. The molecule has 8 heteroatoms. The summed E-state index contributed by atoms with van der Waals surface area (Å²) >= 11 is 5.48. The highest BCUT2D eigenvalue weighted by Gasteiger charge is 2.35. The number of alkyl halides is 3. The van der Waals surface area contributed by atoms with Crippen LogP contribution in [0.5, 0.6) is 5.88 Å². The van der Waals surface area contributed by atoms with Crippen LogP contribution in [0.4, 0.5) is 13.2 Å². The normalized spacial score (nSPS) is 11.6. The van der Waals surface area contributed by atoms with E-state index in [4.69, 9.17) is 21.1 Å². The highest BCUT2D eigenvalue weighted by molar-refractivity contribution is 6.29. The average Bonchev–Trinajstić information content (AvgIpc) is 2.32. The fourth-order valence-corrected chi connectivity index (χ4v) is 1.32. The second-order valence-electron chi connectivity index (χ2n) is 3.66. The van der Waals surface area contributed by atoms with Crippen LogP contribution in [0.2, 0.25) is 5.15 Å². The third kappa shape index (κ3) is 6.07. The molecule has 0 aliphatic heterocycles. The number of rotatable bonds is 7. The van der Waals surface area contributed by atoms with E-state index in [0.717, 1.165) is 18.9 Å². The van der Waals surface area contributed by atoms with Gasteiger partial charge < -0.3 is 9.47 Å². The van der Waals surface area contributed by atoms with Crippen LogP contribution in [0.25, 0.3) is 0 Å². The molecular formula is C11H14ClF3N2O2. The number of unbranched alkanes of at least 4 members (excludes halogenated alkanes) is 1. The Hall–Kier alpha value is -1.08. The molecule has 0 aliphatic carbocycles. The Morgan fingerprint density at radius 3 is 2.58 bits per heavy atom. The van der Waals surface area contributed by atoms with Gasteiger partial charge in [-0.1, -0.05) is 24.9 Å². The minimum absolute atomic E-state index is 0.106. The standard InChI is InChI=1S/C11H14ClF3N2O2/c1-2-3-4-18-5-6-19-9-7-8(12)16-10(17-9)11(13,14)15/h7H,2-6H2,1H3. The summed E-state index contributed by atoms with van der Waals surface area (Å²) in [6.45, 7) is 3.01. The van der Waals surface area contributed by atoms with Gasteiger partial charge in [-0.05, 0) is 6.42 Å². The van der Waals surface area contributed by atoms with Crippen molar-refractivity contribution in [1.29, 1.82) is 0 Å². The van der Waals surface area contributed by atoms with Crippen LogP contribution in [0.15, 0.2) is 6.07 Å². The van der Waals surface area contributed by atoms with Crippen molar-refractivity contribution >= 4 is 11.6 Å². The van der Waals surface area contributed by atoms with Crippen molar-refractivity contribution in [3.8, 4) is 5.88 Å². The van der Waals surface area contributed by atoms with Crippen molar-refractivity contribution in [2.45, 2.75) is 25.9 Å². The van der Waals surface area contributed by atoms with Crippen molar-refractivity contribution in [1.82, 2.24) is 9.97 Å². The van der Waals surface area contributed by atoms with Gasteiger partial charge in [-0.2, -0.15) is 18.2 Å². The quantitative estimate of drug-likeness (QED) is 0.572. The molecule has 0 unspecified atom stereocenters. The first-order chi connectivity index (χ1) is 8.93. The third-order valence-electron chi connectivity index (χ3n) is 2.04. The summed E-state index contributed by atoms with van der Waals surface area (Å²) in [4.78, 5) is 6.33. The van der Waals surface area contributed by atoms with Gasteiger partial charge in [-0.25, -0.2) is 4.98 Å². The van der Waals surface area contributed by atoms with E-state index in [1.807, 2.05) is 6.92 Å². The minimum Gasteiger partial charge on any atom is -0.475 e. The summed E-state index contributed by atoms with van der Waals surface area (Å²) in [5, 5.41) is -0.316. The van der Waals surface area contributed by atoms with E-state index in [9.17, 15) is 13.2 Å². The first-order valence-electron chi connectivity index (χ1n) is 5.75.